The molecule has 0 N–H and O–H groups in total. The van der Waals surface area contributed by atoms with Gasteiger partial charge >= 0.3 is 11.9 Å². The van der Waals surface area contributed by atoms with Crippen LogP contribution in [0.3, 0.4) is 0 Å². The molecule has 5 heteroatoms. The van der Waals surface area contributed by atoms with Crippen LogP contribution in [-0.4, -0.2) is 30.9 Å². The molecule has 5 aliphatic rings. The fourth-order valence-electron chi connectivity index (χ4n) is 7.39. The first kappa shape index (κ1) is 19.8. The van der Waals surface area contributed by atoms with Crippen LogP contribution in [0.5, 0.6) is 0 Å². The number of carbonyl (C=O) groups excluding carboxylic acids is 3. The zero-order valence-corrected chi connectivity index (χ0v) is 17.8. The SMILES string of the molecule is CC(=O)OC1CCC2(C=O)C(=CCC3C4=CCC(C5=CC(=O)OC5)C4(C)CCC32)C1. The summed E-state index contributed by atoms with van der Waals surface area (Å²) in [6, 6.07) is 0. The van der Waals surface area contributed by atoms with E-state index in [0.29, 0.717) is 30.8 Å². The Labute approximate surface area is 177 Å². The Morgan fingerprint density at radius 2 is 2.07 bits per heavy atom. The smallest absolute Gasteiger partial charge is 0.331 e. The van der Waals surface area contributed by atoms with Gasteiger partial charge in [-0.05, 0) is 67.3 Å². The molecule has 5 nitrogen and oxygen atoms in total. The van der Waals surface area contributed by atoms with Gasteiger partial charge in [0.15, 0.2) is 0 Å². The molecule has 2 saturated carbocycles. The number of hydrogen-bond donors (Lipinski definition) is 0. The number of hydrogen-bond acceptors (Lipinski definition) is 5. The average Bonchev–Trinajstić information content (AvgIpc) is 3.29. The van der Waals surface area contributed by atoms with E-state index in [-0.39, 0.29) is 23.5 Å². The van der Waals surface area contributed by atoms with Crippen molar-refractivity contribution in [3.8, 4) is 0 Å². The molecule has 1 aliphatic heterocycles. The molecule has 6 unspecified atom stereocenters. The molecule has 30 heavy (non-hydrogen) atoms. The van der Waals surface area contributed by atoms with E-state index in [4.69, 9.17) is 9.47 Å². The fraction of sp³-hybridized carbons (Fsp3) is 0.640. The van der Waals surface area contributed by atoms with Gasteiger partial charge in [0.25, 0.3) is 0 Å². The lowest BCUT2D eigenvalue weighted by Crippen LogP contribution is -2.50. The fourth-order valence-corrected chi connectivity index (χ4v) is 7.39. The first-order valence-electron chi connectivity index (χ1n) is 11.3. The maximum absolute atomic E-state index is 12.6. The Balaban J connectivity index is 1.43. The quantitative estimate of drug-likeness (QED) is 0.398. The second-order valence-electron chi connectivity index (χ2n) is 10.0. The number of rotatable bonds is 3. The maximum atomic E-state index is 12.6. The standard InChI is InChI=1S/C25H30O5/c1-15(27)30-18-7-10-25(14-26)17(12-18)3-4-19-21-6-5-20(16-11-23(28)29-13-16)24(21,2)9-8-22(19)25/h3,6,11,14,18-20,22H,4-5,7-10,12-13H2,1-2H3. The van der Waals surface area contributed by atoms with Crippen molar-refractivity contribution in [2.24, 2.45) is 28.6 Å². The summed E-state index contributed by atoms with van der Waals surface area (Å²) >= 11 is 0. The molecule has 0 radical (unpaired) electrons. The van der Waals surface area contributed by atoms with Crippen LogP contribution in [0.25, 0.3) is 0 Å². The number of esters is 2. The first-order valence-corrected chi connectivity index (χ1v) is 11.3. The molecule has 0 aromatic heterocycles. The number of allylic oxidation sites excluding steroid dienone is 3. The monoisotopic (exact) mass is 410 g/mol. The zero-order valence-electron chi connectivity index (χ0n) is 17.8. The first-order chi connectivity index (χ1) is 14.4. The highest BCUT2D eigenvalue weighted by Crippen LogP contribution is 2.65. The van der Waals surface area contributed by atoms with Crippen LogP contribution in [-0.2, 0) is 23.9 Å². The van der Waals surface area contributed by atoms with Gasteiger partial charge in [-0.3, -0.25) is 4.79 Å². The number of carbonyl (C=O) groups is 3. The van der Waals surface area contributed by atoms with Crippen molar-refractivity contribution in [3.63, 3.8) is 0 Å². The number of cyclic esters (lactones) is 1. The van der Waals surface area contributed by atoms with E-state index in [1.807, 2.05) is 0 Å². The Morgan fingerprint density at radius 3 is 2.77 bits per heavy atom. The van der Waals surface area contributed by atoms with E-state index in [0.717, 1.165) is 44.1 Å². The second-order valence-corrected chi connectivity index (χ2v) is 10.0. The molecular weight excluding hydrogens is 380 g/mol. The van der Waals surface area contributed by atoms with Crippen molar-refractivity contribution in [1.29, 1.82) is 0 Å². The van der Waals surface area contributed by atoms with Crippen LogP contribution in [0.4, 0.5) is 0 Å². The van der Waals surface area contributed by atoms with E-state index in [9.17, 15) is 14.4 Å². The summed E-state index contributed by atoms with van der Waals surface area (Å²) in [5.41, 5.74) is 3.44. The van der Waals surface area contributed by atoms with Crippen molar-refractivity contribution >= 4 is 18.2 Å². The molecule has 5 rings (SSSR count). The highest BCUT2D eigenvalue weighted by molar-refractivity contribution is 5.85. The average molecular weight is 411 g/mol. The Hall–Kier alpha value is -2.17. The third kappa shape index (κ3) is 2.77. The minimum absolute atomic E-state index is 0.0470. The second kappa shape index (κ2) is 6.93. The highest BCUT2D eigenvalue weighted by Gasteiger charge is 2.58. The minimum atomic E-state index is -0.411. The Morgan fingerprint density at radius 1 is 1.23 bits per heavy atom. The number of ether oxygens (including phenoxy) is 2. The van der Waals surface area contributed by atoms with Crippen molar-refractivity contribution in [1.82, 2.24) is 0 Å². The molecule has 6 atom stereocenters. The van der Waals surface area contributed by atoms with E-state index in [1.165, 1.54) is 24.4 Å². The molecule has 0 bridgehead atoms. The van der Waals surface area contributed by atoms with Crippen molar-refractivity contribution in [3.05, 3.63) is 34.9 Å². The maximum Gasteiger partial charge on any atom is 0.331 e. The lowest BCUT2D eigenvalue weighted by Gasteiger charge is -2.55. The Bertz CT molecular complexity index is 895. The van der Waals surface area contributed by atoms with E-state index in [1.54, 1.807) is 6.08 Å². The lowest BCUT2D eigenvalue weighted by molar-refractivity contribution is -0.148. The molecular formula is C25H30O5. The van der Waals surface area contributed by atoms with Crippen LogP contribution < -0.4 is 0 Å². The van der Waals surface area contributed by atoms with E-state index < -0.39 is 5.41 Å². The summed E-state index contributed by atoms with van der Waals surface area (Å²) in [5.74, 6) is 0.572. The van der Waals surface area contributed by atoms with Gasteiger partial charge in [0.2, 0.25) is 0 Å². The third-order valence-electron chi connectivity index (χ3n) is 8.74. The summed E-state index contributed by atoms with van der Waals surface area (Å²) < 4.78 is 10.7. The largest absolute Gasteiger partial charge is 0.462 e. The third-order valence-corrected chi connectivity index (χ3v) is 8.74. The Kier molecular flexibility index (Phi) is 4.57. The molecule has 1 heterocycles. The van der Waals surface area contributed by atoms with Crippen LogP contribution in [0, 0.1) is 28.6 Å². The molecule has 4 aliphatic carbocycles. The molecule has 0 saturated heterocycles. The molecule has 0 spiro atoms. The summed E-state index contributed by atoms with van der Waals surface area (Å²) in [7, 11) is 0. The molecule has 160 valence electrons. The van der Waals surface area contributed by atoms with Gasteiger partial charge in [-0.25, -0.2) is 4.79 Å². The van der Waals surface area contributed by atoms with Gasteiger partial charge in [-0.2, -0.15) is 0 Å². The topological polar surface area (TPSA) is 69.7 Å². The van der Waals surface area contributed by atoms with Gasteiger partial charge in [-0.15, -0.1) is 0 Å². The van der Waals surface area contributed by atoms with Crippen LogP contribution >= 0.6 is 0 Å². The van der Waals surface area contributed by atoms with Crippen molar-refractivity contribution < 1.29 is 23.9 Å². The molecule has 2 fully saturated rings. The predicted molar refractivity (Wildman–Crippen MR) is 110 cm³/mol. The normalized spacial score (nSPS) is 42.1. The van der Waals surface area contributed by atoms with E-state index >= 15 is 0 Å². The van der Waals surface area contributed by atoms with E-state index in [2.05, 4.69) is 19.1 Å². The summed E-state index contributed by atoms with van der Waals surface area (Å²) in [6.45, 7) is 4.23. The molecule has 0 amide bonds. The van der Waals surface area contributed by atoms with Gasteiger partial charge in [-0.1, -0.05) is 30.2 Å². The zero-order chi connectivity index (χ0) is 21.1. The lowest BCUT2D eigenvalue weighted by atomic mass is 9.48. The molecule has 0 aromatic rings. The highest BCUT2D eigenvalue weighted by atomic mass is 16.5. The van der Waals surface area contributed by atoms with Gasteiger partial charge in [0.1, 0.15) is 19.0 Å². The van der Waals surface area contributed by atoms with Crippen LogP contribution in [0.1, 0.15) is 58.8 Å². The van der Waals surface area contributed by atoms with Gasteiger partial charge in [0, 0.05) is 19.4 Å². The van der Waals surface area contributed by atoms with Crippen molar-refractivity contribution in [2.45, 2.75) is 64.9 Å². The van der Waals surface area contributed by atoms with Gasteiger partial charge in [0.05, 0.1) is 5.41 Å². The summed E-state index contributed by atoms with van der Waals surface area (Å²) in [6.07, 6.45) is 13.6. The van der Waals surface area contributed by atoms with Crippen LogP contribution in [0.2, 0.25) is 0 Å². The number of fused-ring (bicyclic) bond motifs is 5. The minimum Gasteiger partial charge on any atom is -0.462 e. The summed E-state index contributed by atoms with van der Waals surface area (Å²) in [4.78, 5) is 35.6. The summed E-state index contributed by atoms with van der Waals surface area (Å²) in [5, 5.41) is 0. The van der Waals surface area contributed by atoms with Crippen LogP contribution in [0.15, 0.2) is 34.9 Å². The van der Waals surface area contributed by atoms with Gasteiger partial charge < -0.3 is 14.3 Å². The predicted octanol–water partition coefficient (Wildman–Crippen LogP) is 4.08. The van der Waals surface area contributed by atoms with Crippen molar-refractivity contribution in [2.75, 3.05) is 6.61 Å². The molecule has 0 aromatic carbocycles. The number of aldehydes is 1.